The molecule has 10 heteroatoms. The third kappa shape index (κ3) is 5.46. The van der Waals surface area contributed by atoms with Gasteiger partial charge in [0.25, 0.3) is 0 Å². The van der Waals surface area contributed by atoms with E-state index in [2.05, 4.69) is 6.58 Å². The van der Waals surface area contributed by atoms with E-state index in [1.54, 1.807) is 0 Å². The van der Waals surface area contributed by atoms with Crippen LogP contribution in [-0.2, 0) is 19.2 Å². The summed E-state index contributed by atoms with van der Waals surface area (Å²) in [5.41, 5.74) is 0. The first-order valence-corrected chi connectivity index (χ1v) is 5.01. The smallest absolute Gasteiger partial charge is 0.366 e. The van der Waals surface area contributed by atoms with Crippen LogP contribution in [0.15, 0.2) is 12.7 Å². The normalized spacial score (nSPS) is 11.8. The standard InChI is InChI=1S/C10H13NO8.H3N/c1-2-6(10(18)19)11(3-7(12)13,4-8(14)15)5-9(16)17;/h2,6H,1,3-5H2,(H3-,12,13,14,15,16,17,18,19);1H3/p+1. The molecule has 0 aromatic rings. The number of hydrogen-bond acceptors (Lipinski definition) is 5. The molecule has 0 bridgehead atoms. The number of carboxylic acid groups (broad SMARTS) is 4. The molecule has 0 saturated carbocycles. The highest BCUT2D eigenvalue weighted by molar-refractivity contribution is 5.78. The Labute approximate surface area is 113 Å². The molecule has 0 fully saturated rings. The summed E-state index contributed by atoms with van der Waals surface area (Å²) in [6.07, 6.45) is 0.831. The van der Waals surface area contributed by atoms with E-state index >= 15 is 0 Å². The Kier molecular flexibility index (Phi) is 7.81. The van der Waals surface area contributed by atoms with Gasteiger partial charge in [-0.2, -0.15) is 0 Å². The second-order valence-corrected chi connectivity index (χ2v) is 3.89. The molecule has 0 saturated heterocycles. The van der Waals surface area contributed by atoms with E-state index in [4.69, 9.17) is 20.4 Å². The third-order valence-electron chi connectivity index (χ3n) is 2.42. The van der Waals surface area contributed by atoms with E-state index in [0.717, 1.165) is 6.08 Å². The van der Waals surface area contributed by atoms with Crippen molar-refractivity contribution >= 4 is 23.9 Å². The Morgan fingerprint density at radius 2 is 1.20 bits per heavy atom. The number of aliphatic carboxylic acids is 4. The van der Waals surface area contributed by atoms with Crippen LogP contribution >= 0.6 is 0 Å². The van der Waals surface area contributed by atoms with Crippen molar-refractivity contribution in [1.29, 1.82) is 0 Å². The van der Waals surface area contributed by atoms with E-state index in [9.17, 15) is 19.2 Å². The second-order valence-electron chi connectivity index (χ2n) is 3.89. The molecular weight excluding hydrogens is 276 g/mol. The molecular formula is C10H17N2O8+. The van der Waals surface area contributed by atoms with Gasteiger partial charge in [-0.3, -0.25) is 4.48 Å². The Balaban J connectivity index is 0. The van der Waals surface area contributed by atoms with Crippen molar-refractivity contribution in [2.75, 3.05) is 19.6 Å². The van der Waals surface area contributed by atoms with E-state index in [1.165, 1.54) is 0 Å². The van der Waals surface area contributed by atoms with Crippen molar-refractivity contribution in [2.45, 2.75) is 6.04 Å². The van der Waals surface area contributed by atoms with Gasteiger partial charge < -0.3 is 26.6 Å². The summed E-state index contributed by atoms with van der Waals surface area (Å²) in [6.45, 7) is 0.325. The highest BCUT2D eigenvalue weighted by Crippen LogP contribution is 2.16. The molecule has 10 nitrogen and oxygen atoms in total. The van der Waals surface area contributed by atoms with Crippen molar-refractivity contribution in [3.8, 4) is 0 Å². The highest BCUT2D eigenvalue weighted by atomic mass is 16.4. The zero-order chi connectivity index (χ0) is 15.2. The van der Waals surface area contributed by atoms with E-state index in [-0.39, 0.29) is 6.15 Å². The summed E-state index contributed by atoms with van der Waals surface area (Å²) >= 11 is 0. The zero-order valence-corrected chi connectivity index (χ0v) is 10.6. The van der Waals surface area contributed by atoms with E-state index in [0.29, 0.717) is 0 Å². The van der Waals surface area contributed by atoms with Gasteiger partial charge in [-0.05, 0) is 6.08 Å². The first kappa shape index (κ1) is 19.9. The van der Waals surface area contributed by atoms with Crippen LogP contribution in [0.25, 0.3) is 0 Å². The highest BCUT2D eigenvalue weighted by Gasteiger charge is 2.45. The summed E-state index contributed by atoms with van der Waals surface area (Å²) in [7, 11) is 0. The maximum Gasteiger partial charge on any atom is 0.366 e. The molecule has 0 aliphatic carbocycles. The summed E-state index contributed by atoms with van der Waals surface area (Å²) in [6, 6.07) is -1.65. The number of quaternary nitrogens is 1. The lowest BCUT2D eigenvalue weighted by Gasteiger charge is -2.37. The summed E-state index contributed by atoms with van der Waals surface area (Å²) in [5, 5.41) is 35.3. The van der Waals surface area contributed by atoms with Gasteiger partial charge in [0.1, 0.15) is 0 Å². The fraction of sp³-hybridized carbons (Fsp3) is 0.400. The van der Waals surface area contributed by atoms with Gasteiger partial charge in [0, 0.05) is 0 Å². The van der Waals surface area contributed by atoms with Crippen molar-refractivity contribution in [3.63, 3.8) is 0 Å². The number of rotatable bonds is 9. The molecule has 0 rings (SSSR count). The lowest BCUT2D eigenvalue weighted by molar-refractivity contribution is -0.917. The minimum atomic E-state index is -1.65. The SMILES string of the molecule is C=CC(C(=O)O)[N+](CC(=O)O)(CC(=O)O)CC(=O)O.N. The van der Waals surface area contributed by atoms with Crippen molar-refractivity contribution in [2.24, 2.45) is 0 Å². The van der Waals surface area contributed by atoms with Gasteiger partial charge >= 0.3 is 23.9 Å². The third-order valence-corrected chi connectivity index (χ3v) is 2.42. The fourth-order valence-corrected chi connectivity index (χ4v) is 1.83. The molecule has 114 valence electrons. The predicted molar refractivity (Wildman–Crippen MR) is 64.4 cm³/mol. The topological polar surface area (TPSA) is 184 Å². The van der Waals surface area contributed by atoms with Gasteiger partial charge in [-0.25, -0.2) is 19.2 Å². The Bertz CT molecular complexity index is 379. The van der Waals surface area contributed by atoms with Gasteiger partial charge in [0.15, 0.2) is 19.6 Å². The predicted octanol–water partition coefficient (Wildman–Crippen LogP) is -1.14. The summed E-state index contributed by atoms with van der Waals surface area (Å²) in [5.74, 6) is -6.06. The summed E-state index contributed by atoms with van der Waals surface area (Å²) < 4.78 is -1.18. The second kappa shape index (κ2) is 7.86. The molecule has 20 heavy (non-hydrogen) atoms. The Hall–Kier alpha value is -2.46. The zero-order valence-electron chi connectivity index (χ0n) is 10.6. The van der Waals surface area contributed by atoms with Crippen LogP contribution in [-0.4, -0.2) is 74.5 Å². The van der Waals surface area contributed by atoms with Gasteiger partial charge in [-0.1, -0.05) is 6.58 Å². The van der Waals surface area contributed by atoms with Crippen LogP contribution in [0.1, 0.15) is 0 Å². The fourth-order valence-electron chi connectivity index (χ4n) is 1.83. The molecule has 0 aliphatic rings. The molecule has 0 heterocycles. The molecule has 0 amide bonds. The molecule has 0 aromatic carbocycles. The van der Waals surface area contributed by atoms with Crippen LogP contribution < -0.4 is 6.15 Å². The average molecular weight is 293 g/mol. The number of carbonyl (C=O) groups is 4. The monoisotopic (exact) mass is 293 g/mol. The quantitative estimate of drug-likeness (QED) is 0.259. The first-order valence-electron chi connectivity index (χ1n) is 5.01. The molecule has 0 spiro atoms. The van der Waals surface area contributed by atoms with E-state index in [1.807, 2.05) is 0 Å². The van der Waals surface area contributed by atoms with Crippen LogP contribution in [0.3, 0.4) is 0 Å². The van der Waals surface area contributed by atoms with Crippen molar-refractivity contribution in [3.05, 3.63) is 12.7 Å². The largest absolute Gasteiger partial charge is 0.477 e. The van der Waals surface area contributed by atoms with Crippen LogP contribution in [0.5, 0.6) is 0 Å². The number of carboxylic acids is 4. The average Bonchev–Trinajstić information content (AvgIpc) is 2.12. The van der Waals surface area contributed by atoms with Crippen LogP contribution in [0, 0.1) is 0 Å². The first-order chi connectivity index (χ1) is 8.64. The molecule has 0 aliphatic heterocycles. The number of hydrogen-bond donors (Lipinski definition) is 5. The molecule has 1 atom stereocenters. The van der Waals surface area contributed by atoms with Crippen molar-refractivity contribution in [1.82, 2.24) is 6.15 Å². The minimum absolute atomic E-state index is 0. The van der Waals surface area contributed by atoms with Crippen LogP contribution in [0.2, 0.25) is 0 Å². The van der Waals surface area contributed by atoms with Gasteiger partial charge in [-0.15, -0.1) is 0 Å². The number of nitrogens with zero attached hydrogens (tertiary/aromatic N) is 1. The Morgan fingerprint density at radius 3 is 1.35 bits per heavy atom. The van der Waals surface area contributed by atoms with Gasteiger partial charge in [0.05, 0.1) is 0 Å². The maximum atomic E-state index is 11.1. The molecule has 7 N–H and O–H groups in total. The Morgan fingerprint density at radius 1 is 0.900 bits per heavy atom. The summed E-state index contributed by atoms with van der Waals surface area (Å²) in [4.78, 5) is 43.4. The molecule has 0 aromatic heterocycles. The minimum Gasteiger partial charge on any atom is -0.477 e. The van der Waals surface area contributed by atoms with Crippen LogP contribution in [0.4, 0.5) is 0 Å². The van der Waals surface area contributed by atoms with Gasteiger partial charge in [0.2, 0.25) is 6.04 Å². The maximum absolute atomic E-state index is 11.1. The van der Waals surface area contributed by atoms with Crippen molar-refractivity contribution < 1.29 is 44.1 Å². The molecule has 1 unspecified atom stereocenters. The van der Waals surface area contributed by atoms with E-state index < -0.39 is 54.0 Å². The lowest BCUT2D eigenvalue weighted by Crippen LogP contribution is -2.63. The lowest BCUT2D eigenvalue weighted by atomic mass is 10.1. The molecule has 0 radical (unpaired) electrons.